The molecule has 0 spiro atoms. The number of nitrogens with zero attached hydrogens (tertiary/aromatic N) is 6. The second-order valence-corrected chi connectivity index (χ2v) is 12.2. The monoisotopic (exact) mass is 622 g/mol. The zero-order valence-corrected chi connectivity index (χ0v) is 24.2. The summed E-state index contributed by atoms with van der Waals surface area (Å²) in [7, 11) is -3.31. The third-order valence-corrected chi connectivity index (χ3v) is 8.51. The Morgan fingerprint density at radius 1 is 1.14 bits per heavy atom. The molecule has 0 saturated heterocycles. The number of nitrogens with one attached hydrogen (secondary N) is 1. The highest BCUT2D eigenvalue weighted by Gasteiger charge is 2.46. The molecule has 1 saturated carbocycles. The minimum Gasteiger partial charge on any atom is -0.484 e. The van der Waals surface area contributed by atoms with Crippen molar-refractivity contribution >= 4 is 32.4 Å². The molecule has 15 heteroatoms. The number of nitrogens with two attached hydrogens (primary N) is 1. The maximum Gasteiger partial charge on any atom is 0.355 e. The quantitative estimate of drug-likeness (QED) is 0.223. The molecule has 11 nitrogen and oxygen atoms in total. The van der Waals surface area contributed by atoms with Gasteiger partial charge in [0.05, 0.1) is 28.9 Å². The summed E-state index contributed by atoms with van der Waals surface area (Å²) >= 11 is 0. The van der Waals surface area contributed by atoms with E-state index in [-0.39, 0.29) is 17.3 Å². The van der Waals surface area contributed by atoms with E-state index in [1.807, 2.05) is 4.72 Å². The van der Waals surface area contributed by atoms with Gasteiger partial charge in [0.1, 0.15) is 34.7 Å². The van der Waals surface area contributed by atoms with Crippen molar-refractivity contribution in [2.45, 2.75) is 37.2 Å². The Bertz CT molecular complexity index is 2050. The molecule has 0 amide bonds. The van der Waals surface area contributed by atoms with Crippen LogP contribution in [0.1, 0.15) is 31.4 Å². The van der Waals surface area contributed by atoms with Crippen molar-refractivity contribution in [1.29, 1.82) is 5.26 Å². The van der Waals surface area contributed by atoms with E-state index in [2.05, 4.69) is 21.3 Å². The molecule has 3 aromatic heterocycles. The number of nitrogen functional groups attached to an aromatic ring is 1. The number of benzene rings is 2. The van der Waals surface area contributed by atoms with Crippen molar-refractivity contribution in [2.24, 2.45) is 7.05 Å². The van der Waals surface area contributed by atoms with Gasteiger partial charge in [-0.15, -0.1) is 0 Å². The van der Waals surface area contributed by atoms with Gasteiger partial charge in [0, 0.05) is 36.1 Å². The molecule has 0 unspecified atom stereocenters. The number of nitriles is 1. The first-order valence-electron chi connectivity index (χ1n) is 13.4. The Labute approximate surface area is 249 Å². The molecule has 0 bridgehead atoms. The lowest BCUT2D eigenvalue weighted by Gasteiger charge is -2.19. The van der Waals surface area contributed by atoms with Crippen LogP contribution in [-0.4, -0.2) is 38.7 Å². The summed E-state index contributed by atoms with van der Waals surface area (Å²) in [5.41, 5.74) is 8.83. The number of ether oxygens (including phenoxy) is 1. The van der Waals surface area contributed by atoms with Crippen LogP contribution in [0.5, 0.6) is 5.75 Å². The Balaban J connectivity index is 1.45. The smallest absolute Gasteiger partial charge is 0.355 e. The molecule has 5 aromatic rings. The summed E-state index contributed by atoms with van der Waals surface area (Å²) in [6.45, 7) is 1.65. The van der Waals surface area contributed by atoms with Crippen LogP contribution < -0.4 is 15.2 Å². The minimum absolute atomic E-state index is 0.0717. The van der Waals surface area contributed by atoms with E-state index in [0.717, 1.165) is 0 Å². The normalized spacial score (nSPS) is 14.8. The van der Waals surface area contributed by atoms with Gasteiger partial charge in [-0.25, -0.2) is 17.8 Å². The number of sulfonamides is 1. The highest BCUT2D eigenvalue weighted by atomic mass is 32.2. The SMILES string of the molecule is C[C@H](Oc1cc(-c2nn(C)c3c(-c4cnn(C5(C#N)CC5)c4)cnc(N)c23)ccc1NS(=O)(=O)C(F)F)c1ccc(F)cc1. The van der Waals surface area contributed by atoms with Gasteiger partial charge in [-0.3, -0.25) is 14.1 Å². The van der Waals surface area contributed by atoms with E-state index in [4.69, 9.17) is 10.5 Å². The molecule has 1 fully saturated rings. The average molecular weight is 623 g/mol. The van der Waals surface area contributed by atoms with Crippen LogP contribution in [-0.2, 0) is 22.6 Å². The standard InChI is InChI=1S/C29H25F3N8O3S/c1-16(17-3-6-20(30)7-4-17)43-23-11-18(5-8-22(23)38-44(41,42)28(31)32)25-24-26(39(2)37-25)21(13-35-27(24)34)19-12-36-40(14-19)29(15-33)9-10-29/h3-8,11-14,16,28,38H,9-10H2,1-2H3,(H2,34,35)/t16-/m0/s1. The zero-order valence-electron chi connectivity index (χ0n) is 23.4. The number of alkyl halides is 2. The second-order valence-electron chi connectivity index (χ2n) is 10.5. The Kier molecular flexibility index (Phi) is 6.96. The van der Waals surface area contributed by atoms with Crippen molar-refractivity contribution in [2.75, 3.05) is 10.5 Å². The number of anilines is 2. The third-order valence-electron chi connectivity index (χ3n) is 7.54. The number of aromatic nitrogens is 5. The molecule has 2 aromatic carbocycles. The van der Waals surface area contributed by atoms with Crippen LogP contribution >= 0.6 is 0 Å². The molecule has 3 heterocycles. The fourth-order valence-electron chi connectivity index (χ4n) is 5.00. The third kappa shape index (κ3) is 5.06. The Morgan fingerprint density at radius 3 is 2.52 bits per heavy atom. The van der Waals surface area contributed by atoms with Crippen LogP contribution in [0.15, 0.2) is 61.1 Å². The molecule has 6 rings (SSSR count). The van der Waals surface area contributed by atoms with E-state index in [0.29, 0.717) is 51.7 Å². The van der Waals surface area contributed by atoms with E-state index >= 15 is 0 Å². The maximum absolute atomic E-state index is 13.5. The van der Waals surface area contributed by atoms with Gasteiger partial charge in [-0.1, -0.05) is 18.2 Å². The molecule has 0 aliphatic heterocycles. The number of rotatable bonds is 9. The summed E-state index contributed by atoms with van der Waals surface area (Å²) in [5.74, 6) is -4.04. The predicted octanol–water partition coefficient (Wildman–Crippen LogP) is 5.34. The van der Waals surface area contributed by atoms with Gasteiger partial charge in [0.15, 0.2) is 0 Å². The molecule has 1 aliphatic carbocycles. The number of fused-ring (bicyclic) bond motifs is 1. The van der Waals surface area contributed by atoms with Gasteiger partial charge in [-0.05, 0) is 49.6 Å². The molecule has 1 aliphatic rings. The van der Waals surface area contributed by atoms with E-state index in [1.54, 1.807) is 41.9 Å². The van der Waals surface area contributed by atoms with Gasteiger partial charge in [0.2, 0.25) is 0 Å². The fraction of sp³-hybridized carbons (Fsp3) is 0.241. The van der Waals surface area contributed by atoms with Crippen LogP contribution in [0.2, 0.25) is 0 Å². The number of hydrogen-bond acceptors (Lipinski definition) is 8. The summed E-state index contributed by atoms with van der Waals surface area (Å²) < 4.78 is 75.3. The molecule has 0 radical (unpaired) electrons. The van der Waals surface area contributed by atoms with Crippen molar-refractivity contribution in [1.82, 2.24) is 24.5 Å². The first-order valence-corrected chi connectivity index (χ1v) is 14.9. The second kappa shape index (κ2) is 10.6. The van der Waals surface area contributed by atoms with E-state index < -0.39 is 33.2 Å². The highest BCUT2D eigenvalue weighted by molar-refractivity contribution is 7.93. The molecule has 44 heavy (non-hydrogen) atoms. The van der Waals surface area contributed by atoms with Gasteiger partial charge >= 0.3 is 5.76 Å². The molecule has 226 valence electrons. The molecular weight excluding hydrogens is 597 g/mol. The number of pyridine rings is 1. The Morgan fingerprint density at radius 2 is 1.86 bits per heavy atom. The van der Waals surface area contributed by atoms with Crippen molar-refractivity contribution in [3.8, 4) is 34.2 Å². The van der Waals surface area contributed by atoms with Crippen LogP contribution in [0, 0.1) is 17.1 Å². The van der Waals surface area contributed by atoms with E-state index in [1.165, 1.54) is 42.5 Å². The molecule has 3 N–H and O–H groups in total. The first-order chi connectivity index (χ1) is 20.9. The van der Waals surface area contributed by atoms with Crippen LogP contribution in [0.25, 0.3) is 33.3 Å². The lowest BCUT2D eigenvalue weighted by atomic mass is 10.0. The van der Waals surface area contributed by atoms with Crippen molar-refractivity contribution in [3.05, 3.63) is 72.4 Å². The molecule has 1 atom stereocenters. The Hall–Kier alpha value is -5.10. The lowest BCUT2D eigenvalue weighted by molar-refractivity contribution is 0.228. The predicted molar refractivity (Wildman–Crippen MR) is 156 cm³/mol. The highest BCUT2D eigenvalue weighted by Crippen LogP contribution is 2.44. The zero-order chi connectivity index (χ0) is 31.4. The molecular formula is C29H25F3N8O3S. The van der Waals surface area contributed by atoms with Crippen LogP contribution in [0.4, 0.5) is 24.7 Å². The average Bonchev–Trinajstić information content (AvgIpc) is 3.49. The van der Waals surface area contributed by atoms with Gasteiger partial charge < -0.3 is 10.5 Å². The van der Waals surface area contributed by atoms with Crippen LogP contribution in [0.3, 0.4) is 0 Å². The van der Waals surface area contributed by atoms with Crippen molar-refractivity contribution in [3.63, 3.8) is 0 Å². The van der Waals surface area contributed by atoms with Crippen molar-refractivity contribution < 1.29 is 26.3 Å². The van der Waals surface area contributed by atoms with Gasteiger partial charge in [0.25, 0.3) is 10.0 Å². The maximum atomic E-state index is 13.5. The summed E-state index contributed by atoms with van der Waals surface area (Å²) in [4.78, 5) is 4.38. The van der Waals surface area contributed by atoms with E-state index in [9.17, 15) is 26.9 Å². The summed E-state index contributed by atoms with van der Waals surface area (Å²) in [6.07, 6.45) is 5.72. The first kappa shape index (κ1) is 29.0. The number of halogens is 3. The fourth-order valence-corrected chi connectivity index (χ4v) is 5.56. The van der Waals surface area contributed by atoms with Gasteiger partial charge in [-0.2, -0.15) is 24.2 Å². The number of aryl methyl sites for hydroxylation is 1. The summed E-state index contributed by atoms with van der Waals surface area (Å²) in [6, 6.07) is 12.0. The largest absolute Gasteiger partial charge is 0.484 e. The minimum atomic E-state index is -5.03. The lowest BCUT2D eigenvalue weighted by Crippen LogP contribution is -2.21. The topological polar surface area (TPSA) is 154 Å². The number of hydrogen-bond donors (Lipinski definition) is 2. The summed E-state index contributed by atoms with van der Waals surface area (Å²) in [5, 5.41) is 19.1.